The molecule has 76 heavy (non-hydrogen) atoms. The van der Waals surface area contributed by atoms with Crippen molar-refractivity contribution >= 4 is 5.91 Å². The Kier molecular flexibility index (Phi) is 37.6. The minimum Gasteiger partial charge on any atom is -0.394 e. The molecule has 0 spiro atoms. The zero-order chi connectivity index (χ0) is 55.5. The zero-order valence-electron chi connectivity index (χ0n) is 46.5. The molecule has 448 valence electrons. The smallest absolute Gasteiger partial charge is 0.217 e. The summed E-state index contributed by atoms with van der Waals surface area (Å²) in [5.41, 5.74) is 0. The van der Waals surface area contributed by atoms with Gasteiger partial charge in [0.25, 0.3) is 0 Å². The van der Waals surface area contributed by atoms with Gasteiger partial charge in [-0.15, -0.1) is 0 Å². The van der Waals surface area contributed by atoms with Crippen molar-refractivity contribution < 1.29 is 89.4 Å². The van der Waals surface area contributed by atoms with Crippen molar-refractivity contribution in [3.05, 3.63) is 12.2 Å². The first-order chi connectivity index (χ1) is 36.8. The third kappa shape index (κ3) is 26.0. The van der Waals surface area contributed by atoms with Gasteiger partial charge in [0.2, 0.25) is 5.91 Å². The predicted molar refractivity (Wildman–Crippen MR) is 287 cm³/mol. The average molecular weight is 1090 g/mol. The van der Waals surface area contributed by atoms with Gasteiger partial charge in [0.05, 0.1) is 38.6 Å². The van der Waals surface area contributed by atoms with E-state index in [2.05, 4.69) is 12.2 Å². The Balaban J connectivity index is 1.22. The van der Waals surface area contributed by atoms with E-state index in [1.165, 1.54) is 180 Å². The number of rotatable bonds is 44. The number of amides is 1. The van der Waals surface area contributed by atoms with Crippen molar-refractivity contribution in [1.29, 1.82) is 0 Å². The van der Waals surface area contributed by atoms with E-state index in [1.807, 2.05) is 6.08 Å². The van der Waals surface area contributed by atoms with Gasteiger partial charge in [-0.2, -0.15) is 0 Å². The maximum Gasteiger partial charge on any atom is 0.217 e. The Hall–Kier alpha value is -1.47. The predicted octanol–water partition coefficient (Wildman–Crippen LogP) is 4.99. The van der Waals surface area contributed by atoms with Crippen LogP contribution >= 0.6 is 0 Å². The van der Waals surface area contributed by atoms with Crippen LogP contribution in [0.25, 0.3) is 0 Å². The maximum absolute atomic E-state index is 12.1. The second-order valence-corrected chi connectivity index (χ2v) is 21.9. The molecule has 3 saturated heterocycles. The lowest BCUT2D eigenvalue weighted by atomic mass is 9.96. The summed E-state index contributed by atoms with van der Waals surface area (Å²) in [6, 6.07) is -0.970. The molecule has 0 aliphatic carbocycles. The van der Waals surface area contributed by atoms with Crippen LogP contribution in [-0.4, -0.2) is 193 Å². The maximum atomic E-state index is 12.1. The number of carbonyl (C=O) groups excluding carboxylic acids is 1. The highest BCUT2D eigenvalue weighted by Crippen LogP contribution is 2.33. The average Bonchev–Trinajstić information content (AvgIpc) is 3.41. The SMILES string of the molecule is CCCCCCCCCCCCCCCCCCCCCCCCCCCCCCCC/C=C/C(O)C(COC1OC(CO)C(OC2OC(CO)C(OC3OC(CO)C(O)C(O)C3O)C(O)C2O)C(O)C1O)NC(C)=O. The fourth-order valence-corrected chi connectivity index (χ4v) is 10.5. The van der Waals surface area contributed by atoms with Gasteiger partial charge in [-0.25, -0.2) is 0 Å². The van der Waals surface area contributed by atoms with Crippen LogP contribution in [-0.2, 0) is 33.2 Å². The summed E-state index contributed by atoms with van der Waals surface area (Å²) < 4.78 is 33.7. The van der Waals surface area contributed by atoms with Crippen LogP contribution in [0.2, 0.25) is 0 Å². The molecule has 19 nitrogen and oxygen atoms in total. The third-order valence-electron chi connectivity index (χ3n) is 15.4. The van der Waals surface area contributed by atoms with Gasteiger partial charge in [0.1, 0.15) is 73.2 Å². The van der Waals surface area contributed by atoms with E-state index >= 15 is 0 Å². The number of hydrogen-bond donors (Lipinski definition) is 12. The molecule has 0 aromatic carbocycles. The number of hydrogen-bond acceptors (Lipinski definition) is 18. The van der Waals surface area contributed by atoms with Crippen LogP contribution in [0.4, 0.5) is 0 Å². The van der Waals surface area contributed by atoms with Crippen molar-refractivity contribution in [1.82, 2.24) is 5.32 Å². The molecular formula is C57H107NO18. The number of unbranched alkanes of at least 4 members (excludes halogenated alkanes) is 30. The number of ether oxygens (including phenoxy) is 6. The fourth-order valence-electron chi connectivity index (χ4n) is 10.5. The molecule has 0 saturated carbocycles. The van der Waals surface area contributed by atoms with E-state index in [9.17, 15) is 61.0 Å². The number of aliphatic hydroxyl groups excluding tert-OH is 11. The van der Waals surface area contributed by atoms with Gasteiger partial charge < -0.3 is 89.9 Å². The second-order valence-electron chi connectivity index (χ2n) is 21.9. The van der Waals surface area contributed by atoms with Crippen LogP contribution in [0.15, 0.2) is 12.2 Å². The molecule has 0 aromatic rings. The molecule has 3 aliphatic rings. The van der Waals surface area contributed by atoms with Crippen molar-refractivity contribution in [2.24, 2.45) is 0 Å². The van der Waals surface area contributed by atoms with Crippen LogP contribution in [0.3, 0.4) is 0 Å². The van der Waals surface area contributed by atoms with Gasteiger partial charge in [0, 0.05) is 6.92 Å². The molecule has 0 radical (unpaired) electrons. The first kappa shape index (κ1) is 68.8. The largest absolute Gasteiger partial charge is 0.394 e. The summed E-state index contributed by atoms with van der Waals surface area (Å²) in [5.74, 6) is -0.450. The first-order valence-corrected chi connectivity index (χ1v) is 29.9. The number of aliphatic hydroxyl groups is 11. The second kappa shape index (κ2) is 41.5. The standard InChI is InChI=1S/C57H107NO18/c1-3-4-5-6-7-8-9-10-11-12-13-14-15-16-17-18-19-20-21-22-23-24-25-26-27-28-29-30-31-32-33-34-35-42(63)41(58-40(2)62)39-71-55-51(69)48(66)53(44(37-60)73-55)76-57-52(70)49(67)54(45(38-61)74-57)75-56-50(68)47(65)46(64)43(36-59)72-56/h34-35,41-57,59-61,63-70H,3-33,36-39H2,1-2H3,(H,58,62)/b35-34+. The monoisotopic (exact) mass is 1090 g/mol. The Bertz CT molecular complexity index is 1450. The molecule has 3 aliphatic heterocycles. The third-order valence-corrected chi connectivity index (χ3v) is 15.4. The first-order valence-electron chi connectivity index (χ1n) is 29.9. The van der Waals surface area contributed by atoms with Crippen molar-refractivity contribution in [2.45, 2.75) is 317 Å². The summed E-state index contributed by atoms with van der Waals surface area (Å²) >= 11 is 0. The molecule has 1 amide bonds. The highest BCUT2D eigenvalue weighted by Gasteiger charge is 2.53. The lowest BCUT2D eigenvalue weighted by Crippen LogP contribution is -2.66. The van der Waals surface area contributed by atoms with Gasteiger partial charge in [0.15, 0.2) is 18.9 Å². The Morgan fingerprint density at radius 1 is 0.461 bits per heavy atom. The lowest BCUT2D eigenvalue weighted by molar-refractivity contribution is -0.379. The molecular weight excluding hydrogens is 987 g/mol. The topological polar surface area (TPSA) is 307 Å². The Labute approximate surface area is 455 Å². The summed E-state index contributed by atoms with van der Waals surface area (Å²) in [6.07, 6.45) is 18.0. The van der Waals surface area contributed by atoms with Crippen LogP contribution in [0, 0.1) is 0 Å². The molecule has 12 N–H and O–H groups in total. The molecule has 0 bridgehead atoms. The zero-order valence-corrected chi connectivity index (χ0v) is 46.5. The molecule has 17 atom stereocenters. The summed E-state index contributed by atoms with van der Waals surface area (Å²) in [7, 11) is 0. The highest BCUT2D eigenvalue weighted by molar-refractivity contribution is 5.73. The lowest BCUT2D eigenvalue weighted by Gasteiger charge is -2.48. The minimum absolute atomic E-state index is 0.368. The summed E-state index contributed by atoms with van der Waals surface area (Å²) in [4.78, 5) is 12.1. The van der Waals surface area contributed by atoms with Crippen LogP contribution in [0.5, 0.6) is 0 Å². The molecule has 3 heterocycles. The molecule has 0 aromatic heterocycles. The normalized spacial score (nSPS) is 31.0. The quantitative estimate of drug-likeness (QED) is 0.0283. The van der Waals surface area contributed by atoms with Crippen LogP contribution in [0.1, 0.15) is 213 Å². The van der Waals surface area contributed by atoms with E-state index in [4.69, 9.17) is 28.4 Å². The van der Waals surface area contributed by atoms with Gasteiger partial charge >= 0.3 is 0 Å². The van der Waals surface area contributed by atoms with Crippen molar-refractivity contribution in [3.8, 4) is 0 Å². The van der Waals surface area contributed by atoms with Gasteiger partial charge in [-0.05, 0) is 12.8 Å². The highest BCUT2D eigenvalue weighted by atomic mass is 16.8. The molecule has 3 rings (SSSR count). The number of allylic oxidation sites excluding steroid dienone is 1. The van der Waals surface area contributed by atoms with E-state index in [-0.39, 0.29) is 6.61 Å². The van der Waals surface area contributed by atoms with Gasteiger partial charge in [-0.1, -0.05) is 205 Å². The van der Waals surface area contributed by atoms with E-state index < -0.39 is 130 Å². The Morgan fingerprint density at radius 3 is 1.16 bits per heavy atom. The minimum atomic E-state index is -1.97. The van der Waals surface area contributed by atoms with E-state index in [1.54, 1.807) is 6.08 Å². The Morgan fingerprint density at radius 2 is 0.789 bits per heavy atom. The van der Waals surface area contributed by atoms with Gasteiger partial charge in [-0.3, -0.25) is 4.79 Å². The summed E-state index contributed by atoms with van der Waals surface area (Å²) in [6.45, 7) is 0.776. The molecule has 19 heteroatoms. The number of carbonyl (C=O) groups is 1. The number of nitrogens with one attached hydrogen (secondary N) is 1. The van der Waals surface area contributed by atoms with Crippen LogP contribution < -0.4 is 5.32 Å². The summed E-state index contributed by atoms with van der Waals surface area (Å²) in [5, 5.41) is 118. The van der Waals surface area contributed by atoms with Crippen molar-refractivity contribution in [3.63, 3.8) is 0 Å². The van der Waals surface area contributed by atoms with Crippen molar-refractivity contribution in [2.75, 3.05) is 26.4 Å². The van der Waals surface area contributed by atoms with E-state index in [0.717, 1.165) is 25.7 Å². The fraction of sp³-hybridized carbons (Fsp3) is 0.947. The van der Waals surface area contributed by atoms with E-state index in [0.29, 0.717) is 0 Å². The molecule has 17 unspecified atom stereocenters. The molecule has 3 fully saturated rings.